The zero-order valence-corrected chi connectivity index (χ0v) is 4.13. The predicted octanol–water partition coefficient (Wildman–Crippen LogP) is 0.204. The molecule has 3 N–H and O–H groups in total. The molecule has 0 saturated carbocycles. The van der Waals surface area contributed by atoms with Crippen molar-refractivity contribution in [3.63, 3.8) is 0 Å². The fourth-order valence-corrected chi connectivity index (χ4v) is 0.164. The summed E-state index contributed by atoms with van der Waals surface area (Å²) in [6.45, 7) is 0.281. The van der Waals surface area contributed by atoms with Gasteiger partial charge >= 0.3 is 0 Å². The van der Waals surface area contributed by atoms with Gasteiger partial charge in [0.15, 0.2) is 0 Å². The monoisotopic (exact) mass is 106 g/mol. The lowest BCUT2D eigenvalue weighted by molar-refractivity contribution is 1.26. The molecule has 0 amide bonds. The summed E-state index contributed by atoms with van der Waals surface area (Å²) in [4.78, 5) is 0. The van der Waals surface area contributed by atoms with E-state index in [9.17, 15) is 0 Å². The highest BCUT2D eigenvalue weighted by molar-refractivity contribution is 6.28. The summed E-state index contributed by atoms with van der Waals surface area (Å²) in [5.41, 5.74) is 5.36. The van der Waals surface area contributed by atoms with Gasteiger partial charge in [-0.1, -0.05) is 0 Å². The van der Waals surface area contributed by atoms with E-state index in [1.807, 2.05) is 0 Å². The fraction of sp³-hybridized carbons (Fsp3) is 0.667. The molecular formula is C3H7ClN2. The first-order valence-corrected chi connectivity index (χ1v) is 2.17. The molecule has 0 bridgehead atoms. The van der Waals surface area contributed by atoms with E-state index >= 15 is 0 Å². The zero-order chi connectivity index (χ0) is 4.99. The summed E-state index contributed by atoms with van der Waals surface area (Å²) in [6, 6.07) is 0. The molecule has 0 rings (SSSR count). The number of alkyl halides is 1. The molecule has 6 heavy (non-hydrogen) atoms. The third kappa shape index (κ3) is 2.18. The summed E-state index contributed by atoms with van der Waals surface area (Å²) in [6.07, 6.45) is 0. The van der Waals surface area contributed by atoms with Gasteiger partial charge in [0.25, 0.3) is 0 Å². The van der Waals surface area contributed by atoms with Crippen molar-refractivity contribution in [1.29, 1.82) is 5.41 Å². The topological polar surface area (TPSA) is 49.9 Å². The molecule has 0 aromatic rings. The first kappa shape index (κ1) is 5.92. The maximum absolute atomic E-state index is 6.73. The number of halogens is 1. The van der Waals surface area contributed by atoms with Crippen molar-refractivity contribution in [2.45, 2.75) is 0 Å². The first-order chi connectivity index (χ1) is 2.81. The summed E-state index contributed by atoms with van der Waals surface area (Å²) in [5, 5.41) is 6.73. The highest BCUT2D eigenvalue weighted by atomic mass is 35.5. The van der Waals surface area contributed by atoms with Gasteiger partial charge in [-0.05, 0) is 0 Å². The van der Waals surface area contributed by atoms with E-state index in [2.05, 4.69) is 0 Å². The van der Waals surface area contributed by atoms with Crippen LogP contribution in [-0.4, -0.2) is 18.1 Å². The van der Waals surface area contributed by atoms with Gasteiger partial charge in [-0.3, -0.25) is 0 Å². The van der Waals surface area contributed by atoms with E-state index in [1.165, 1.54) is 0 Å². The summed E-state index contributed by atoms with van der Waals surface area (Å²) in [7, 11) is 0. The zero-order valence-electron chi connectivity index (χ0n) is 3.37. The molecule has 0 heterocycles. The fourth-order valence-electron chi connectivity index (χ4n) is 0.0546. The van der Waals surface area contributed by atoms with E-state index in [4.69, 9.17) is 22.7 Å². The standard InChI is InChI=1S/C3H7ClN2/c4-1-3(6)2-5/h6H,1-2,5H2. The number of nitrogens with two attached hydrogens (primary N) is 1. The van der Waals surface area contributed by atoms with E-state index in [1.54, 1.807) is 0 Å². The van der Waals surface area contributed by atoms with Crippen molar-refractivity contribution in [3.8, 4) is 0 Å². The lowest BCUT2D eigenvalue weighted by atomic mass is 10.4. The van der Waals surface area contributed by atoms with E-state index < -0.39 is 0 Å². The second kappa shape index (κ2) is 3.12. The number of hydrogen-bond acceptors (Lipinski definition) is 2. The Hall–Kier alpha value is -0.0800. The van der Waals surface area contributed by atoms with Gasteiger partial charge in [0.05, 0.1) is 5.88 Å². The number of nitrogens with one attached hydrogen (secondary N) is 1. The van der Waals surface area contributed by atoms with Crippen LogP contribution in [0, 0.1) is 5.41 Å². The molecule has 2 nitrogen and oxygen atoms in total. The smallest absolute Gasteiger partial charge is 0.0613 e. The Bertz CT molecular complexity index is 46.8. The maximum Gasteiger partial charge on any atom is 0.0613 e. The quantitative estimate of drug-likeness (QED) is 0.384. The Morgan fingerprint density at radius 3 is 2.33 bits per heavy atom. The molecule has 0 fully saturated rings. The average Bonchev–Trinajstić information content (AvgIpc) is 1.65. The van der Waals surface area contributed by atoms with Crippen LogP contribution in [0.3, 0.4) is 0 Å². The van der Waals surface area contributed by atoms with E-state index in [0.29, 0.717) is 5.71 Å². The predicted molar refractivity (Wildman–Crippen MR) is 27.5 cm³/mol. The molecular weight excluding hydrogens is 99.5 g/mol. The van der Waals surface area contributed by atoms with Crippen molar-refractivity contribution < 1.29 is 0 Å². The van der Waals surface area contributed by atoms with Crippen molar-refractivity contribution in [1.82, 2.24) is 0 Å². The van der Waals surface area contributed by atoms with Crippen LogP contribution < -0.4 is 5.73 Å². The lowest BCUT2D eigenvalue weighted by Gasteiger charge is -1.85. The molecule has 0 aliphatic rings. The molecule has 3 heteroatoms. The first-order valence-electron chi connectivity index (χ1n) is 1.63. The molecule has 0 aliphatic carbocycles. The molecule has 0 aromatic carbocycles. The summed E-state index contributed by atoms with van der Waals surface area (Å²) in [5.74, 6) is 0.260. The molecule has 0 unspecified atom stereocenters. The van der Waals surface area contributed by atoms with Crippen LogP contribution in [-0.2, 0) is 0 Å². The molecule has 0 radical (unpaired) electrons. The van der Waals surface area contributed by atoms with Crippen LogP contribution in [0.2, 0.25) is 0 Å². The Balaban J connectivity index is 2.99. The second-order valence-corrected chi connectivity index (χ2v) is 1.21. The molecule has 36 valence electrons. The Morgan fingerprint density at radius 1 is 1.83 bits per heavy atom. The van der Waals surface area contributed by atoms with Gasteiger partial charge < -0.3 is 11.1 Å². The highest BCUT2D eigenvalue weighted by Crippen LogP contribution is 1.72. The third-order valence-electron chi connectivity index (χ3n) is 0.408. The van der Waals surface area contributed by atoms with Crippen molar-refractivity contribution in [2.75, 3.05) is 12.4 Å². The summed E-state index contributed by atoms with van der Waals surface area (Å²) >= 11 is 5.15. The van der Waals surface area contributed by atoms with Gasteiger partial charge in [0, 0.05) is 12.3 Å². The van der Waals surface area contributed by atoms with Crippen molar-refractivity contribution >= 4 is 17.3 Å². The minimum atomic E-state index is 0.260. The lowest BCUT2D eigenvalue weighted by Crippen LogP contribution is -2.12. The van der Waals surface area contributed by atoms with Crippen molar-refractivity contribution in [3.05, 3.63) is 0 Å². The summed E-state index contributed by atoms with van der Waals surface area (Å²) < 4.78 is 0. The van der Waals surface area contributed by atoms with Crippen LogP contribution >= 0.6 is 11.6 Å². The molecule has 0 aromatic heterocycles. The number of rotatable bonds is 2. The van der Waals surface area contributed by atoms with Crippen LogP contribution in [0.15, 0.2) is 0 Å². The minimum absolute atomic E-state index is 0.260. The highest BCUT2D eigenvalue weighted by Gasteiger charge is 1.83. The van der Waals surface area contributed by atoms with Crippen LogP contribution in [0.4, 0.5) is 0 Å². The van der Waals surface area contributed by atoms with E-state index in [-0.39, 0.29) is 12.4 Å². The average molecular weight is 107 g/mol. The van der Waals surface area contributed by atoms with Gasteiger partial charge in [-0.15, -0.1) is 11.6 Å². The molecule has 0 saturated heterocycles. The molecule has 0 atom stereocenters. The molecule has 0 aliphatic heterocycles. The van der Waals surface area contributed by atoms with Gasteiger partial charge in [-0.25, -0.2) is 0 Å². The largest absolute Gasteiger partial charge is 0.325 e. The Labute approximate surface area is 41.8 Å². The van der Waals surface area contributed by atoms with Crippen molar-refractivity contribution in [2.24, 2.45) is 5.73 Å². The van der Waals surface area contributed by atoms with Crippen LogP contribution in [0.1, 0.15) is 0 Å². The van der Waals surface area contributed by atoms with Gasteiger partial charge in [0.1, 0.15) is 0 Å². The SMILES string of the molecule is N=C(CN)CCl. The van der Waals surface area contributed by atoms with Crippen LogP contribution in [0.5, 0.6) is 0 Å². The van der Waals surface area contributed by atoms with Crippen LogP contribution in [0.25, 0.3) is 0 Å². The maximum atomic E-state index is 6.73. The third-order valence-corrected chi connectivity index (χ3v) is 0.730. The van der Waals surface area contributed by atoms with Gasteiger partial charge in [-0.2, -0.15) is 0 Å². The number of hydrogen-bond donors (Lipinski definition) is 2. The van der Waals surface area contributed by atoms with E-state index in [0.717, 1.165) is 0 Å². The Morgan fingerprint density at radius 2 is 2.33 bits per heavy atom. The normalized spacial score (nSPS) is 8.33. The minimum Gasteiger partial charge on any atom is -0.325 e. The second-order valence-electron chi connectivity index (χ2n) is 0.941. The molecule has 0 spiro atoms. The Kier molecular flexibility index (Phi) is 3.08. The van der Waals surface area contributed by atoms with Gasteiger partial charge in [0.2, 0.25) is 0 Å².